The molecule has 0 aliphatic heterocycles. The third kappa shape index (κ3) is 3.01. The summed E-state index contributed by atoms with van der Waals surface area (Å²) in [6.07, 6.45) is 6.09. The van der Waals surface area contributed by atoms with Gasteiger partial charge in [0.05, 0.1) is 0 Å². The van der Waals surface area contributed by atoms with Gasteiger partial charge >= 0.3 is 0 Å². The molecule has 0 bridgehead atoms. The van der Waals surface area contributed by atoms with Crippen molar-refractivity contribution in [3.05, 3.63) is 29.8 Å². The second kappa shape index (κ2) is 5.24. The van der Waals surface area contributed by atoms with E-state index in [4.69, 9.17) is 0 Å². The average Bonchev–Trinajstić information content (AvgIpc) is 2.26. The molecular weight excluding hydrogens is 189 g/mol. The van der Waals surface area contributed by atoms with Crippen molar-refractivity contribution in [1.29, 1.82) is 0 Å². The van der Waals surface area contributed by atoms with Crippen LogP contribution in [-0.4, -0.2) is 4.98 Å². The topological polar surface area (TPSA) is 12.9 Å². The first-order valence-corrected chi connectivity index (χ1v) is 5.74. The third-order valence-corrected chi connectivity index (χ3v) is 3.29. The van der Waals surface area contributed by atoms with Crippen LogP contribution in [0.2, 0.25) is 0 Å². The molecule has 1 aromatic rings. The minimum absolute atomic E-state index is 0.0970. The average molecular weight is 209 g/mol. The monoisotopic (exact) mass is 209 g/mol. The smallest absolute Gasteiger partial charge is 0.213 e. The highest BCUT2D eigenvalue weighted by Gasteiger charge is 2.24. The zero-order valence-electron chi connectivity index (χ0n) is 9.89. The standard InChI is InChI=1S/C13H20FN/c1-4-6-8-13(3,5-2)11-7-9-15-12(14)10-11/h7,9-10H,4-6,8H2,1-3H3. The summed E-state index contributed by atoms with van der Waals surface area (Å²) in [5.74, 6) is -0.372. The summed E-state index contributed by atoms with van der Waals surface area (Å²) in [5, 5.41) is 0. The van der Waals surface area contributed by atoms with Crippen molar-refractivity contribution in [2.45, 2.75) is 51.9 Å². The van der Waals surface area contributed by atoms with Gasteiger partial charge in [-0.3, -0.25) is 0 Å². The molecule has 0 N–H and O–H groups in total. The van der Waals surface area contributed by atoms with E-state index >= 15 is 0 Å². The molecule has 0 saturated carbocycles. The molecule has 0 aromatic carbocycles. The van der Waals surface area contributed by atoms with Gasteiger partial charge < -0.3 is 0 Å². The van der Waals surface area contributed by atoms with E-state index in [0.717, 1.165) is 18.4 Å². The molecule has 0 aliphatic carbocycles. The highest BCUT2D eigenvalue weighted by molar-refractivity contribution is 5.21. The van der Waals surface area contributed by atoms with Gasteiger partial charge in [0.25, 0.3) is 0 Å². The van der Waals surface area contributed by atoms with Crippen molar-refractivity contribution < 1.29 is 4.39 Å². The van der Waals surface area contributed by atoms with Gasteiger partial charge in [-0.15, -0.1) is 0 Å². The zero-order valence-corrected chi connectivity index (χ0v) is 9.89. The van der Waals surface area contributed by atoms with Gasteiger partial charge in [0.15, 0.2) is 0 Å². The Morgan fingerprint density at radius 2 is 2.13 bits per heavy atom. The summed E-state index contributed by atoms with van der Waals surface area (Å²) in [4.78, 5) is 3.60. The van der Waals surface area contributed by atoms with E-state index in [1.165, 1.54) is 12.8 Å². The molecule has 15 heavy (non-hydrogen) atoms. The highest BCUT2D eigenvalue weighted by Crippen LogP contribution is 2.32. The maximum absolute atomic E-state index is 13.0. The molecular formula is C13H20FN. The lowest BCUT2D eigenvalue weighted by Gasteiger charge is -2.28. The molecule has 0 amide bonds. The minimum Gasteiger partial charge on any atom is -0.228 e. The van der Waals surface area contributed by atoms with Crippen LogP contribution in [0.3, 0.4) is 0 Å². The number of halogens is 1. The Labute approximate surface area is 91.7 Å². The Kier molecular flexibility index (Phi) is 4.25. The molecule has 84 valence electrons. The van der Waals surface area contributed by atoms with Crippen molar-refractivity contribution in [2.24, 2.45) is 0 Å². The summed E-state index contributed by atoms with van der Waals surface area (Å²) >= 11 is 0. The molecule has 1 heterocycles. The highest BCUT2D eigenvalue weighted by atomic mass is 19.1. The molecule has 0 aliphatic rings. The van der Waals surface area contributed by atoms with Crippen LogP contribution in [0.25, 0.3) is 0 Å². The molecule has 1 nitrogen and oxygen atoms in total. The molecule has 1 unspecified atom stereocenters. The number of nitrogens with zero attached hydrogens (tertiary/aromatic N) is 1. The van der Waals surface area contributed by atoms with Crippen LogP contribution in [-0.2, 0) is 5.41 Å². The fourth-order valence-electron chi connectivity index (χ4n) is 1.87. The summed E-state index contributed by atoms with van der Waals surface area (Å²) in [7, 11) is 0. The second-order valence-corrected chi connectivity index (χ2v) is 4.39. The van der Waals surface area contributed by atoms with Crippen molar-refractivity contribution in [3.8, 4) is 0 Å². The summed E-state index contributed by atoms with van der Waals surface area (Å²) in [6.45, 7) is 6.55. The predicted octanol–water partition coefficient (Wildman–Crippen LogP) is 4.08. The van der Waals surface area contributed by atoms with Crippen LogP contribution < -0.4 is 0 Å². The van der Waals surface area contributed by atoms with Crippen molar-refractivity contribution >= 4 is 0 Å². The molecule has 0 radical (unpaired) electrons. The third-order valence-electron chi connectivity index (χ3n) is 3.29. The van der Waals surface area contributed by atoms with Crippen LogP contribution in [0.15, 0.2) is 18.3 Å². The number of hydrogen-bond donors (Lipinski definition) is 0. The van der Waals surface area contributed by atoms with Gasteiger partial charge in [0.1, 0.15) is 0 Å². The SMILES string of the molecule is CCCCC(C)(CC)c1ccnc(F)c1. The molecule has 0 fully saturated rings. The lowest BCUT2D eigenvalue weighted by atomic mass is 9.76. The maximum atomic E-state index is 13.0. The number of pyridine rings is 1. The van der Waals surface area contributed by atoms with E-state index in [9.17, 15) is 4.39 Å². The molecule has 0 saturated heterocycles. The molecule has 2 heteroatoms. The second-order valence-electron chi connectivity index (χ2n) is 4.39. The Morgan fingerprint density at radius 3 is 2.67 bits per heavy atom. The lowest BCUT2D eigenvalue weighted by Crippen LogP contribution is -2.21. The lowest BCUT2D eigenvalue weighted by molar-refractivity contribution is 0.399. The fraction of sp³-hybridized carbons (Fsp3) is 0.615. The van der Waals surface area contributed by atoms with Crippen LogP contribution >= 0.6 is 0 Å². The van der Waals surface area contributed by atoms with Crippen LogP contribution in [0.4, 0.5) is 4.39 Å². The summed E-state index contributed by atoms with van der Waals surface area (Å²) in [5.41, 5.74) is 1.17. The normalized spacial score (nSPS) is 14.9. The number of aromatic nitrogens is 1. The quantitative estimate of drug-likeness (QED) is 0.666. The van der Waals surface area contributed by atoms with E-state index in [2.05, 4.69) is 25.8 Å². The summed E-state index contributed by atoms with van der Waals surface area (Å²) < 4.78 is 13.0. The Morgan fingerprint density at radius 1 is 1.40 bits per heavy atom. The first-order valence-electron chi connectivity index (χ1n) is 5.74. The van der Waals surface area contributed by atoms with Crippen LogP contribution in [0, 0.1) is 5.95 Å². The first kappa shape index (κ1) is 12.2. The number of rotatable bonds is 5. The molecule has 1 rings (SSSR count). The molecule has 1 aromatic heterocycles. The van der Waals surface area contributed by atoms with Gasteiger partial charge in [0, 0.05) is 6.20 Å². The molecule has 1 atom stereocenters. The van der Waals surface area contributed by atoms with Crippen LogP contribution in [0.1, 0.15) is 52.0 Å². The Hall–Kier alpha value is -0.920. The van der Waals surface area contributed by atoms with E-state index in [1.807, 2.05) is 6.07 Å². The minimum atomic E-state index is -0.372. The van der Waals surface area contributed by atoms with Gasteiger partial charge in [-0.1, -0.05) is 33.6 Å². The Bertz CT molecular complexity index is 311. The van der Waals surface area contributed by atoms with Crippen molar-refractivity contribution in [2.75, 3.05) is 0 Å². The first-order chi connectivity index (χ1) is 7.12. The van der Waals surface area contributed by atoms with Crippen molar-refractivity contribution in [3.63, 3.8) is 0 Å². The van der Waals surface area contributed by atoms with Gasteiger partial charge in [-0.25, -0.2) is 4.98 Å². The predicted molar refractivity (Wildman–Crippen MR) is 61.4 cm³/mol. The van der Waals surface area contributed by atoms with Crippen LogP contribution in [0.5, 0.6) is 0 Å². The number of unbranched alkanes of at least 4 members (excludes halogenated alkanes) is 1. The van der Waals surface area contributed by atoms with Crippen molar-refractivity contribution in [1.82, 2.24) is 4.98 Å². The molecule has 0 spiro atoms. The Balaban J connectivity index is 2.89. The van der Waals surface area contributed by atoms with E-state index in [0.29, 0.717) is 0 Å². The van der Waals surface area contributed by atoms with Gasteiger partial charge in [0.2, 0.25) is 5.95 Å². The van der Waals surface area contributed by atoms with E-state index < -0.39 is 0 Å². The van der Waals surface area contributed by atoms with Gasteiger partial charge in [-0.05, 0) is 36.0 Å². The zero-order chi connectivity index (χ0) is 11.3. The maximum Gasteiger partial charge on any atom is 0.213 e. The van der Waals surface area contributed by atoms with E-state index in [-0.39, 0.29) is 11.4 Å². The number of hydrogen-bond acceptors (Lipinski definition) is 1. The summed E-state index contributed by atoms with van der Waals surface area (Å²) in [6, 6.07) is 3.50. The largest absolute Gasteiger partial charge is 0.228 e. The van der Waals surface area contributed by atoms with E-state index in [1.54, 1.807) is 12.3 Å². The van der Waals surface area contributed by atoms with Gasteiger partial charge in [-0.2, -0.15) is 4.39 Å². The fourth-order valence-corrected chi connectivity index (χ4v) is 1.87.